The quantitative estimate of drug-likeness (QED) is 0.310. The number of allylic oxidation sites excluding steroid dienone is 5. The first kappa shape index (κ1) is 20.5. The van der Waals surface area contributed by atoms with Crippen molar-refractivity contribution < 1.29 is 18.0 Å². The van der Waals surface area contributed by atoms with Gasteiger partial charge < -0.3 is 0 Å². The summed E-state index contributed by atoms with van der Waals surface area (Å²) in [5.74, 6) is 0.114. The number of fused-ring (bicyclic) bond motifs is 1. The minimum atomic E-state index is -4.40. The molecule has 0 fully saturated rings. The van der Waals surface area contributed by atoms with Crippen LogP contribution in [-0.2, 0) is 12.8 Å². The number of rotatable bonds is 6. The van der Waals surface area contributed by atoms with Gasteiger partial charge >= 0.3 is 6.18 Å². The van der Waals surface area contributed by atoms with E-state index in [-0.39, 0.29) is 5.78 Å². The maximum absolute atomic E-state index is 12.8. The first-order valence-corrected chi connectivity index (χ1v) is 9.86. The molecule has 0 heterocycles. The fourth-order valence-corrected chi connectivity index (χ4v) is 3.85. The summed E-state index contributed by atoms with van der Waals surface area (Å²) in [7, 11) is 0. The van der Waals surface area contributed by atoms with Crippen LogP contribution in [0.2, 0.25) is 0 Å². The Morgan fingerprint density at radius 3 is 2.68 bits per heavy atom. The molecule has 1 aromatic rings. The van der Waals surface area contributed by atoms with Crippen LogP contribution in [0.5, 0.6) is 0 Å². The standard InChI is InChI=1S/C23H21F3OS/c24-23(25,26)18-9-3-8-17(14-15-18)22(28)13-5-12-21(27)20-11-4-7-16-6-1-2-10-19(16)20/h3-4,7,9,11,14-15H,1-2,5-6,10,12-13H2. The van der Waals surface area contributed by atoms with Gasteiger partial charge in [-0.05, 0) is 74.0 Å². The normalized spacial score (nSPS) is 16.1. The molecule has 0 saturated carbocycles. The summed E-state index contributed by atoms with van der Waals surface area (Å²) in [6.45, 7) is 0. The van der Waals surface area contributed by atoms with Crippen molar-refractivity contribution in [3.63, 3.8) is 0 Å². The topological polar surface area (TPSA) is 17.1 Å². The van der Waals surface area contributed by atoms with Crippen LogP contribution in [0, 0.1) is 0 Å². The minimum Gasteiger partial charge on any atom is -0.294 e. The molecule has 0 saturated heterocycles. The second kappa shape index (κ2) is 8.85. The van der Waals surface area contributed by atoms with Crippen molar-refractivity contribution in [1.82, 2.24) is 0 Å². The Hall–Kier alpha value is -2.23. The van der Waals surface area contributed by atoms with E-state index < -0.39 is 11.7 Å². The monoisotopic (exact) mass is 402 g/mol. The molecule has 0 unspecified atom stereocenters. The first-order valence-electron chi connectivity index (χ1n) is 9.45. The average molecular weight is 402 g/mol. The third kappa shape index (κ3) is 4.98. The SMILES string of the molecule is O=C(CCCC(=S)C1=C=CC=C(C(F)(F)F)C=C1)c1cccc2c1CCCC2. The highest BCUT2D eigenvalue weighted by Crippen LogP contribution is 2.28. The molecule has 0 radical (unpaired) electrons. The third-order valence-electron chi connectivity index (χ3n) is 5.06. The van der Waals surface area contributed by atoms with Crippen molar-refractivity contribution in [2.24, 2.45) is 0 Å². The summed E-state index contributed by atoms with van der Waals surface area (Å²) >= 11 is 5.35. The van der Waals surface area contributed by atoms with E-state index in [4.69, 9.17) is 12.2 Å². The summed E-state index contributed by atoms with van der Waals surface area (Å²) in [5.41, 5.74) is 5.81. The highest BCUT2D eigenvalue weighted by molar-refractivity contribution is 7.80. The maximum Gasteiger partial charge on any atom is 0.416 e. The maximum atomic E-state index is 12.8. The molecule has 0 spiro atoms. The number of alkyl halides is 3. The van der Waals surface area contributed by atoms with E-state index in [9.17, 15) is 18.0 Å². The summed E-state index contributed by atoms with van der Waals surface area (Å²) in [4.78, 5) is 13.2. The first-order chi connectivity index (χ1) is 13.4. The number of Topliss-reactive ketones (excluding diaryl/α,β-unsaturated/α-hetero) is 1. The predicted octanol–water partition coefficient (Wildman–Crippen LogP) is 6.43. The summed E-state index contributed by atoms with van der Waals surface area (Å²) in [5, 5.41) is 0. The van der Waals surface area contributed by atoms with Crippen LogP contribution in [0.15, 0.2) is 59.4 Å². The lowest BCUT2D eigenvalue weighted by Gasteiger charge is -2.18. The van der Waals surface area contributed by atoms with Crippen LogP contribution >= 0.6 is 12.2 Å². The van der Waals surface area contributed by atoms with Gasteiger partial charge in [0.05, 0.1) is 5.57 Å². The van der Waals surface area contributed by atoms with E-state index in [0.717, 1.165) is 37.0 Å². The number of aryl methyl sites for hydroxylation is 1. The molecule has 0 atom stereocenters. The van der Waals surface area contributed by atoms with Crippen molar-refractivity contribution in [1.29, 1.82) is 0 Å². The molecule has 0 aliphatic heterocycles. The van der Waals surface area contributed by atoms with Gasteiger partial charge in [-0.1, -0.05) is 30.4 Å². The summed E-state index contributed by atoms with van der Waals surface area (Å²) < 4.78 is 38.3. The molecule has 28 heavy (non-hydrogen) atoms. The molecule has 1 aromatic carbocycles. The molecule has 0 amide bonds. The van der Waals surface area contributed by atoms with Crippen molar-refractivity contribution in [2.45, 2.75) is 51.1 Å². The lowest BCUT2D eigenvalue weighted by atomic mass is 9.86. The van der Waals surface area contributed by atoms with Gasteiger partial charge in [0.25, 0.3) is 0 Å². The van der Waals surface area contributed by atoms with Gasteiger partial charge in [-0.25, -0.2) is 0 Å². The van der Waals surface area contributed by atoms with E-state index >= 15 is 0 Å². The Bertz CT molecular complexity index is 912. The summed E-state index contributed by atoms with van der Waals surface area (Å²) in [6.07, 6.45) is 5.87. The Labute approximate surface area is 168 Å². The Kier molecular flexibility index (Phi) is 6.48. The van der Waals surface area contributed by atoms with E-state index in [2.05, 4.69) is 11.8 Å². The summed E-state index contributed by atoms with van der Waals surface area (Å²) in [6, 6.07) is 5.94. The number of hydrogen-bond donors (Lipinski definition) is 0. The van der Waals surface area contributed by atoms with E-state index in [1.807, 2.05) is 12.1 Å². The molecule has 5 heteroatoms. The number of halogens is 3. The smallest absolute Gasteiger partial charge is 0.294 e. The Morgan fingerprint density at radius 1 is 1.11 bits per heavy atom. The van der Waals surface area contributed by atoms with Crippen molar-refractivity contribution >= 4 is 22.9 Å². The largest absolute Gasteiger partial charge is 0.416 e. The van der Waals surface area contributed by atoms with E-state index in [0.29, 0.717) is 29.7 Å². The highest BCUT2D eigenvalue weighted by Gasteiger charge is 2.31. The molecule has 0 aromatic heterocycles. The molecule has 2 aliphatic rings. The van der Waals surface area contributed by atoms with Crippen LogP contribution in [-0.4, -0.2) is 16.8 Å². The van der Waals surface area contributed by atoms with Crippen LogP contribution in [0.1, 0.15) is 53.6 Å². The van der Waals surface area contributed by atoms with Crippen LogP contribution in [0.3, 0.4) is 0 Å². The Morgan fingerprint density at radius 2 is 1.89 bits per heavy atom. The van der Waals surface area contributed by atoms with Crippen molar-refractivity contribution in [3.8, 4) is 0 Å². The van der Waals surface area contributed by atoms with Crippen molar-refractivity contribution in [2.75, 3.05) is 0 Å². The predicted molar refractivity (Wildman–Crippen MR) is 109 cm³/mol. The number of hydrogen-bond acceptors (Lipinski definition) is 2. The lowest BCUT2D eigenvalue weighted by molar-refractivity contribution is -0.0881. The van der Waals surface area contributed by atoms with Crippen LogP contribution < -0.4 is 0 Å². The zero-order valence-electron chi connectivity index (χ0n) is 15.4. The fourth-order valence-electron chi connectivity index (χ4n) is 3.58. The number of carbonyl (C=O) groups is 1. The second-order valence-electron chi connectivity index (χ2n) is 7.03. The lowest BCUT2D eigenvalue weighted by Crippen LogP contribution is -2.11. The molecule has 3 rings (SSSR count). The Balaban J connectivity index is 1.57. The van der Waals surface area contributed by atoms with Gasteiger partial charge in [-0.3, -0.25) is 4.79 Å². The minimum absolute atomic E-state index is 0.114. The molecule has 2 aliphatic carbocycles. The van der Waals surface area contributed by atoms with Gasteiger partial charge in [0.15, 0.2) is 5.78 Å². The van der Waals surface area contributed by atoms with Crippen LogP contribution in [0.4, 0.5) is 13.2 Å². The highest BCUT2D eigenvalue weighted by atomic mass is 32.1. The molecule has 0 N–H and O–H groups in total. The van der Waals surface area contributed by atoms with E-state index in [1.54, 1.807) is 0 Å². The zero-order chi connectivity index (χ0) is 20.1. The number of ketones is 1. The van der Waals surface area contributed by atoms with Crippen molar-refractivity contribution in [3.05, 3.63) is 76.1 Å². The number of benzene rings is 1. The van der Waals surface area contributed by atoms with E-state index in [1.165, 1.54) is 29.7 Å². The van der Waals surface area contributed by atoms with Gasteiger partial charge in [0, 0.05) is 22.4 Å². The van der Waals surface area contributed by atoms with Gasteiger partial charge in [-0.15, -0.1) is 5.73 Å². The van der Waals surface area contributed by atoms with Gasteiger partial charge in [0.2, 0.25) is 0 Å². The van der Waals surface area contributed by atoms with Gasteiger partial charge in [-0.2, -0.15) is 13.2 Å². The molecule has 146 valence electrons. The average Bonchev–Trinajstić information content (AvgIpc) is 2.93. The molecule has 0 bridgehead atoms. The zero-order valence-corrected chi connectivity index (χ0v) is 16.3. The fraction of sp³-hybridized carbons (Fsp3) is 0.348. The molecular formula is C23H21F3OS. The van der Waals surface area contributed by atoms with Gasteiger partial charge in [0.1, 0.15) is 0 Å². The molecular weight excluding hydrogens is 381 g/mol. The number of carbonyl (C=O) groups excluding carboxylic acids is 1. The van der Waals surface area contributed by atoms with Crippen LogP contribution in [0.25, 0.3) is 0 Å². The number of thiocarbonyl (C=S) groups is 1. The second-order valence-corrected chi connectivity index (χ2v) is 7.52. The molecule has 1 nitrogen and oxygen atoms in total. The third-order valence-corrected chi connectivity index (χ3v) is 5.49.